The van der Waals surface area contributed by atoms with Gasteiger partial charge in [0.15, 0.2) is 6.10 Å². The first-order chi connectivity index (χ1) is 9.90. The summed E-state index contributed by atoms with van der Waals surface area (Å²) in [5.41, 5.74) is 1.18. The maximum Gasteiger partial charge on any atom is 0.257 e. The molecule has 4 rings (SSSR count). The Labute approximate surface area is 116 Å². The number of rotatable bonds is 2. The van der Waals surface area contributed by atoms with E-state index >= 15 is 0 Å². The van der Waals surface area contributed by atoms with Gasteiger partial charge in [-0.05, 0) is 11.6 Å². The van der Waals surface area contributed by atoms with Crippen LogP contribution in [-0.4, -0.2) is 29.8 Å². The molecule has 1 fully saturated rings. The summed E-state index contributed by atoms with van der Waals surface area (Å²) in [7, 11) is 0. The Morgan fingerprint density at radius 3 is 3.00 bits per heavy atom. The van der Waals surface area contributed by atoms with Crippen LogP contribution in [-0.2, 0) is 11.2 Å². The van der Waals surface area contributed by atoms with Gasteiger partial charge in [-0.1, -0.05) is 23.4 Å². The van der Waals surface area contributed by atoms with Crippen LogP contribution in [0.15, 0.2) is 28.8 Å². The molecule has 6 heteroatoms. The number of morpholine rings is 1. The number of hydrogen-bond donors (Lipinski definition) is 1. The van der Waals surface area contributed by atoms with E-state index in [1.165, 1.54) is 5.56 Å². The van der Waals surface area contributed by atoms with Crippen LogP contribution in [0.2, 0.25) is 0 Å². The zero-order valence-electron chi connectivity index (χ0n) is 10.9. The standard InChI is InChI=1S/C14H15N3O3/c1-2-4-10-9(3-1)7-11(19-10)13-16-14(20-17-13)12-8-15-5-6-18-12/h1-4,11-12,15H,5-8H2. The molecule has 1 saturated heterocycles. The topological polar surface area (TPSA) is 69.4 Å². The van der Waals surface area contributed by atoms with Crippen molar-refractivity contribution in [1.82, 2.24) is 15.5 Å². The van der Waals surface area contributed by atoms with Gasteiger partial charge in [0.2, 0.25) is 5.82 Å². The van der Waals surface area contributed by atoms with Crippen molar-refractivity contribution in [3.8, 4) is 5.75 Å². The number of nitrogens with zero attached hydrogens (tertiary/aromatic N) is 2. The van der Waals surface area contributed by atoms with Crippen molar-refractivity contribution in [2.24, 2.45) is 0 Å². The molecule has 1 aromatic heterocycles. The molecule has 2 aliphatic heterocycles. The van der Waals surface area contributed by atoms with Crippen LogP contribution < -0.4 is 10.1 Å². The summed E-state index contributed by atoms with van der Waals surface area (Å²) in [4.78, 5) is 4.43. The highest BCUT2D eigenvalue weighted by Crippen LogP contribution is 2.35. The van der Waals surface area contributed by atoms with E-state index in [1.807, 2.05) is 18.2 Å². The third-order valence-electron chi connectivity index (χ3n) is 3.60. The fourth-order valence-corrected chi connectivity index (χ4v) is 2.56. The van der Waals surface area contributed by atoms with Crippen molar-refractivity contribution in [2.45, 2.75) is 18.6 Å². The predicted molar refractivity (Wildman–Crippen MR) is 69.4 cm³/mol. The van der Waals surface area contributed by atoms with Gasteiger partial charge in [-0.15, -0.1) is 0 Å². The molecule has 0 aliphatic carbocycles. The number of hydrogen-bond acceptors (Lipinski definition) is 6. The van der Waals surface area contributed by atoms with Crippen molar-refractivity contribution < 1.29 is 14.0 Å². The summed E-state index contributed by atoms with van der Waals surface area (Å²) in [5, 5.41) is 7.28. The Hall–Kier alpha value is -1.92. The fraction of sp³-hybridized carbons (Fsp3) is 0.429. The van der Waals surface area contributed by atoms with Gasteiger partial charge in [0.1, 0.15) is 11.9 Å². The third kappa shape index (κ3) is 2.07. The molecular weight excluding hydrogens is 258 g/mol. The van der Waals surface area contributed by atoms with E-state index in [0.717, 1.165) is 18.7 Å². The lowest BCUT2D eigenvalue weighted by atomic mass is 10.1. The molecule has 1 aromatic carbocycles. The van der Waals surface area contributed by atoms with Crippen LogP contribution in [0.3, 0.4) is 0 Å². The molecule has 6 nitrogen and oxygen atoms in total. The predicted octanol–water partition coefficient (Wildman–Crippen LogP) is 1.41. The molecular formula is C14H15N3O3. The Morgan fingerprint density at radius 2 is 2.15 bits per heavy atom. The number of nitrogens with one attached hydrogen (secondary N) is 1. The number of fused-ring (bicyclic) bond motifs is 1. The fourth-order valence-electron chi connectivity index (χ4n) is 2.56. The second kappa shape index (κ2) is 4.88. The van der Waals surface area contributed by atoms with E-state index in [9.17, 15) is 0 Å². The Kier molecular flexibility index (Phi) is 2.90. The number of para-hydroxylation sites is 1. The van der Waals surface area contributed by atoms with Crippen LogP contribution in [0.5, 0.6) is 5.75 Å². The zero-order chi connectivity index (χ0) is 13.4. The lowest BCUT2D eigenvalue weighted by Gasteiger charge is -2.19. The number of ether oxygens (including phenoxy) is 2. The minimum atomic E-state index is -0.165. The Bertz CT molecular complexity index is 582. The van der Waals surface area contributed by atoms with Crippen molar-refractivity contribution in [3.63, 3.8) is 0 Å². The molecule has 20 heavy (non-hydrogen) atoms. The van der Waals surface area contributed by atoms with Gasteiger partial charge in [0.05, 0.1) is 6.61 Å². The molecule has 0 saturated carbocycles. The second-order valence-electron chi connectivity index (χ2n) is 4.97. The average Bonchev–Trinajstić information content (AvgIpc) is 3.14. The quantitative estimate of drug-likeness (QED) is 0.892. The Balaban J connectivity index is 1.52. The van der Waals surface area contributed by atoms with Crippen molar-refractivity contribution in [1.29, 1.82) is 0 Å². The maximum absolute atomic E-state index is 5.85. The summed E-state index contributed by atoms with van der Waals surface area (Å²) in [6, 6.07) is 7.99. The first kappa shape index (κ1) is 11.9. The molecule has 2 aliphatic rings. The van der Waals surface area contributed by atoms with E-state index in [2.05, 4.69) is 21.5 Å². The summed E-state index contributed by atoms with van der Waals surface area (Å²) >= 11 is 0. The molecule has 3 heterocycles. The summed E-state index contributed by atoms with van der Waals surface area (Å²) < 4.78 is 16.8. The lowest BCUT2D eigenvalue weighted by molar-refractivity contribution is 0.00755. The minimum absolute atomic E-state index is 0.159. The first-order valence-electron chi connectivity index (χ1n) is 6.80. The van der Waals surface area contributed by atoms with Gasteiger partial charge < -0.3 is 19.3 Å². The summed E-state index contributed by atoms with van der Waals surface area (Å²) in [6.45, 7) is 2.22. The second-order valence-corrected chi connectivity index (χ2v) is 4.97. The number of benzene rings is 1. The molecule has 1 N–H and O–H groups in total. The average molecular weight is 273 g/mol. The molecule has 0 spiro atoms. The van der Waals surface area contributed by atoms with Crippen LogP contribution in [0.25, 0.3) is 0 Å². The van der Waals surface area contributed by atoms with Gasteiger partial charge in [-0.2, -0.15) is 4.98 Å². The van der Waals surface area contributed by atoms with Gasteiger partial charge in [0.25, 0.3) is 5.89 Å². The monoisotopic (exact) mass is 273 g/mol. The van der Waals surface area contributed by atoms with Crippen molar-refractivity contribution in [2.75, 3.05) is 19.7 Å². The number of aromatic nitrogens is 2. The van der Waals surface area contributed by atoms with E-state index in [1.54, 1.807) is 0 Å². The van der Waals surface area contributed by atoms with Crippen molar-refractivity contribution >= 4 is 0 Å². The highest BCUT2D eigenvalue weighted by atomic mass is 16.5. The maximum atomic E-state index is 5.85. The van der Waals surface area contributed by atoms with Crippen LogP contribution >= 0.6 is 0 Å². The third-order valence-corrected chi connectivity index (χ3v) is 3.60. The van der Waals surface area contributed by atoms with E-state index in [0.29, 0.717) is 24.9 Å². The van der Waals surface area contributed by atoms with Gasteiger partial charge in [-0.3, -0.25) is 0 Å². The molecule has 0 radical (unpaired) electrons. The van der Waals surface area contributed by atoms with Crippen LogP contribution in [0.1, 0.15) is 29.5 Å². The Morgan fingerprint density at radius 1 is 1.20 bits per heavy atom. The molecule has 2 atom stereocenters. The highest BCUT2D eigenvalue weighted by Gasteiger charge is 2.30. The summed E-state index contributed by atoms with van der Waals surface area (Å²) in [6.07, 6.45) is 0.453. The van der Waals surface area contributed by atoms with Gasteiger partial charge in [0, 0.05) is 19.5 Å². The minimum Gasteiger partial charge on any atom is -0.482 e. The van der Waals surface area contributed by atoms with E-state index in [-0.39, 0.29) is 12.2 Å². The molecule has 104 valence electrons. The first-order valence-corrected chi connectivity index (χ1v) is 6.80. The molecule has 2 aromatic rings. The van der Waals surface area contributed by atoms with Crippen molar-refractivity contribution in [3.05, 3.63) is 41.5 Å². The smallest absolute Gasteiger partial charge is 0.257 e. The van der Waals surface area contributed by atoms with Gasteiger partial charge >= 0.3 is 0 Å². The molecule has 2 unspecified atom stereocenters. The largest absolute Gasteiger partial charge is 0.482 e. The van der Waals surface area contributed by atoms with Gasteiger partial charge in [-0.25, -0.2) is 0 Å². The van der Waals surface area contributed by atoms with Crippen LogP contribution in [0, 0.1) is 0 Å². The molecule has 0 amide bonds. The zero-order valence-corrected chi connectivity index (χ0v) is 10.9. The van der Waals surface area contributed by atoms with Crippen LogP contribution in [0.4, 0.5) is 0 Å². The van der Waals surface area contributed by atoms with E-state index < -0.39 is 0 Å². The highest BCUT2D eigenvalue weighted by molar-refractivity contribution is 5.37. The molecule has 0 bridgehead atoms. The van der Waals surface area contributed by atoms with E-state index in [4.69, 9.17) is 14.0 Å². The lowest BCUT2D eigenvalue weighted by Crippen LogP contribution is -2.33. The summed E-state index contributed by atoms with van der Waals surface area (Å²) in [5.74, 6) is 2.01. The normalized spacial score (nSPS) is 25.2. The SMILES string of the molecule is c1ccc2c(c1)CC(c1noc(C3CNCCO3)n1)O2.